The fraction of sp³-hybridized carbons (Fsp3) is 0.211. The Morgan fingerprint density at radius 1 is 1.07 bits per heavy atom. The summed E-state index contributed by atoms with van der Waals surface area (Å²) in [5.74, 6) is -1.65. The Morgan fingerprint density at radius 3 is 2.19 bits per heavy atom. The summed E-state index contributed by atoms with van der Waals surface area (Å²) in [6.07, 6.45) is 0. The molecule has 8 heteroatoms. The standard InChI is InChI=1S/C19H18Cl2N2O3S/c1-19(2,3)11-6-4-10(5-7-11)16(24)23-18(27)22-15-13(17(25)26)8-12(20)9-14(15)21/h4-9H,1-3H3,(H,25,26)(H2,22,23,24,27). The van der Waals surface area contributed by atoms with Gasteiger partial charge in [-0.3, -0.25) is 10.1 Å². The number of hydrogen-bond donors (Lipinski definition) is 3. The predicted octanol–water partition coefficient (Wildman–Crippen LogP) is 5.12. The quantitative estimate of drug-likeness (QED) is 0.596. The Labute approximate surface area is 172 Å². The van der Waals surface area contributed by atoms with Crippen LogP contribution in [0.4, 0.5) is 5.69 Å². The molecule has 2 aromatic carbocycles. The summed E-state index contributed by atoms with van der Waals surface area (Å²) in [5, 5.41) is 14.6. The second-order valence-electron chi connectivity index (χ2n) is 6.85. The van der Waals surface area contributed by atoms with Crippen LogP contribution in [-0.2, 0) is 5.41 Å². The van der Waals surface area contributed by atoms with E-state index >= 15 is 0 Å². The fourth-order valence-electron chi connectivity index (χ4n) is 2.31. The zero-order chi connectivity index (χ0) is 20.4. The van der Waals surface area contributed by atoms with Gasteiger partial charge in [0.15, 0.2) is 5.11 Å². The SMILES string of the molecule is CC(C)(C)c1ccc(C(=O)NC(=S)Nc2c(Cl)cc(Cl)cc2C(=O)O)cc1. The van der Waals surface area contributed by atoms with Crippen LogP contribution in [0.25, 0.3) is 0 Å². The highest BCUT2D eigenvalue weighted by Crippen LogP contribution is 2.30. The van der Waals surface area contributed by atoms with Gasteiger partial charge >= 0.3 is 5.97 Å². The van der Waals surface area contributed by atoms with Gasteiger partial charge in [0.2, 0.25) is 0 Å². The van der Waals surface area contributed by atoms with Crippen LogP contribution in [-0.4, -0.2) is 22.1 Å². The Bertz CT molecular complexity index is 906. The molecular formula is C19H18Cl2N2O3S. The lowest BCUT2D eigenvalue weighted by Gasteiger charge is -2.19. The van der Waals surface area contributed by atoms with Crippen LogP contribution in [0.5, 0.6) is 0 Å². The maximum absolute atomic E-state index is 12.4. The van der Waals surface area contributed by atoms with Gasteiger partial charge in [-0.25, -0.2) is 4.79 Å². The molecule has 0 atom stereocenters. The van der Waals surface area contributed by atoms with Crippen molar-refractivity contribution in [2.24, 2.45) is 0 Å². The van der Waals surface area contributed by atoms with Gasteiger partial charge in [0.1, 0.15) is 0 Å². The molecular weight excluding hydrogens is 407 g/mol. The molecule has 27 heavy (non-hydrogen) atoms. The molecule has 0 bridgehead atoms. The van der Waals surface area contributed by atoms with E-state index in [0.29, 0.717) is 5.56 Å². The molecule has 0 aliphatic heterocycles. The summed E-state index contributed by atoms with van der Waals surface area (Å²) in [6.45, 7) is 6.24. The van der Waals surface area contributed by atoms with Gasteiger partial charge in [-0.05, 0) is 47.5 Å². The Kier molecular flexibility index (Phi) is 6.46. The molecule has 3 N–H and O–H groups in total. The molecule has 0 aliphatic rings. The number of carbonyl (C=O) groups is 2. The Hall–Kier alpha value is -2.15. The number of carbonyl (C=O) groups excluding carboxylic acids is 1. The van der Waals surface area contributed by atoms with Crippen LogP contribution in [0.3, 0.4) is 0 Å². The summed E-state index contributed by atoms with van der Waals surface area (Å²) in [7, 11) is 0. The van der Waals surface area contributed by atoms with E-state index in [1.807, 2.05) is 12.1 Å². The van der Waals surface area contributed by atoms with E-state index in [1.54, 1.807) is 12.1 Å². The number of carboxylic acid groups (broad SMARTS) is 1. The molecule has 0 saturated carbocycles. The third-order valence-electron chi connectivity index (χ3n) is 3.76. The highest BCUT2D eigenvalue weighted by Gasteiger charge is 2.18. The number of aromatic carboxylic acids is 1. The molecule has 0 aliphatic carbocycles. The van der Waals surface area contributed by atoms with Crippen molar-refractivity contribution in [1.29, 1.82) is 0 Å². The van der Waals surface area contributed by atoms with Crippen molar-refractivity contribution in [3.8, 4) is 0 Å². The number of hydrogen-bond acceptors (Lipinski definition) is 3. The van der Waals surface area contributed by atoms with Crippen LogP contribution >= 0.6 is 35.4 Å². The highest BCUT2D eigenvalue weighted by molar-refractivity contribution is 7.80. The molecule has 0 fully saturated rings. The highest BCUT2D eigenvalue weighted by atomic mass is 35.5. The molecule has 0 aromatic heterocycles. The first-order valence-electron chi connectivity index (χ1n) is 7.94. The number of rotatable bonds is 3. The van der Waals surface area contributed by atoms with Gasteiger partial charge in [0.25, 0.3) is 5.91 Å². The second kappa shape index (κ2) is 8.25. The van der Waals surface area contributed by atoms with Gasteiger partial charge in [0, 0.05) is 10.6 Å². The smallest absolute Gasteiger partial charge is 0.337 e. The molecule has 142 valence electrons. The molecule has 0 spiro atoms. The lowest BCUT2D eigenvalue weighted by atomic mass is 9.87. The van der Waals surface area contributed by atoms with Crippen LogP contribution < -0.4 is 10.6 Å². The van der Waals surface area contributed by atoms with Crippen molar-refractivity contribution in [3.05, 3.63) is 63.1 Å². The maximum Gasteiger partial charge on any atom is 0.337 e. The Morgan fingerprint density at radius 2 is 1.67 bits per heavy atom. The number of thiocarbonyl (C=S) groups is 1. The minimum atomic E-state index is -1.23. The molecule has 2 rings (SSSR count). The van der Waals surface area contributed by atoms with Crippen molar-refractivity contribution in [1.82, 2.24) is 5.32 Å². The third kappa shape index (κ3) is 5.42. The molecule has 5 nitrogen and oxygen atoms in total. The molecule has 2 aromatic rings. The summed E-state index contributed by atoms with van der Waals surface area (Å²) in [5.41, 5.74) is 1.40. The van der Waals surface area contributed by atoms with E-state index in [4.69, 9.17) is 35.4 Å². The van der Waals surface area contributed by atoms with Crippen molar-refractivity contribution < 1.29 is 14.7 Å². The van der Waals surface area contributed by atoms with Crippen molar-refractivity contribution in [2.75, 3.05) is 5.32 Å². The summed E-state index contributed by atoms with van der Waals surface area (Å²) >= 11 is 17.0. The molecule has 0 heterocycles. The van der Waals surface area contributed by atoms with E-state index in [-0.39, 0.29) is 31.8 Å². The lowest BCUT2D eigenvalue weighted by Crippen LogP contribution is -2.34. The molecule has 0 radical (unpaired) electrons. The maximum atomic E-state index is 12.4. The minimum Gasteiger partial charge on any atom is -0.478 e. The van der Waals surface area contributed by atoms with Crippen molar-refractivity contribution in [3.63, 3.8) is 0 Å². The van der Waals surface area contributed by atoms with Crippen molar-refractivity contribution >= 4 is 58.1 Å². The van der Waals surface area contributed by atoms with E-state index < -0.39 is 11.9 Å². The number of nitrogens with one attached hydrogen (secondary N) is 2. The molecule has 0 unspecified atom stereocenters. The van der Waals surface area contributed by atoms with Gasteiger partial charge in [-0.15, -0.1) is 0 Å². The fourth-order valence-corrected chi connectivity index (χ4v) is 3.05. The third-order valence-corrected chi connectivity index (χ3v) is 4.48. The van der Waals surface area contributed by atoms with Gasteiger partial charge in [-0.1, -0.05) is 56.1 Å². The van der Waals surface area contributed by atoms with Crippen LogP contribution in [0.2, 0.25) is 10.0 Å². The first-order chi connectivity index (χ1) is 12.5. The summed E-state index contributed by atoms with van der Waals surface area (Å²) in [4.78, 5) is 23.7. The minimum absolute atomic E-state index is 0.0234. The number of carboxylic acids is 1. The predicted molar refractivity (Wildman–Crippen MR) is 112 cm³/mol. The zero-order valence-corrected chi connectivity index (χ0v) is 17.2. The monoisotopic (exact) mass is 424 g/mol. The van der Waals surface area contributed by atoms with Crippen LogP contribution in [0.1, 0.15) is 47.1 Å². The average Bonchev–Trinajstić information content (AvgIpc) is 2.56. The van der Waals surface area contributed by atoms with Gasteiger partial charge in [0.05, 0.1) is 16.3 Å². The van der Waals surface area contributed by atoms with Gasteiger partial charge in [-0.2, -0.15) is 0 Å². The molecule has 0 saturated heterocycles. The summed E-state index contributed by atoms with van der Waals surface area (Å²) < 4.78 is 0. The first-order valence-corrected chi connectivity index (χ1v) is 9.10. The topological polar surface area (TPSA) is 78.4 Å². The van der Waals surface area contributed by atoms with E-state index in [1.165, 1.54) is 12.1 Å². The normalized spacial score (nSPS) is 11.0. The van der Waals surface area contributed by atoms with Crippen molar-refractivity contribution in [2.45, 2.75) is 26.2 Å². The van der Waals surface area contributed by atoms with Crippen LogP contribution in [0.15, 0.2) is 36.4 Å². The number of halogens is 2. The number of anilines is 1. The number of benzene rings is 2. The van der Waals surface area contributed by atoms with E-state index in [0.717, 1.165) is 5.56 Å². The van der Waals surface area contributed by atoms with E-state index in [9.17, 15) is 14.7 Å². The Balaban J connectivity index is 2.14. The van der Waals surface area contributed by atoms with Gasteiger partial charge < -0.3 is 10.4 Å². The largest absolute Gasteiger partial charge is 0.478 e. The zero-order valence-electron chi connectivity index (χ0n) is 14.9. The second-order valence-corrected chi connectivity index (χ2v) is 8.10. The van der Waals surface area contributed by atoms with E-state index in [2.05, 4.69) is 31.4 Å². The molecule has 1 amide bonds. The summed E-state index contributed by atoms with van der Waals surface area (Å²) in [6, 6.07) is 9.79. The average molecular weight is 425 g/mol. The number of amides is 1. The van der Waals surface area contributed by atoms with Crippen LogP contribution in [0, 0.1) is 0 Å². The lowest BCUT2D eigenvalue weighted by molar-refractivity contribution is 0.0697. The first kappa shape index (κ1) is 21.2.